The number of anilines is 1. The average molecular weight is 345 g/mol. The summed E-state index contributed by atoms with van der Waals surface area (Å²) in [5, 5.41) is 0.597. The lowest BCUT2D eigenvalue weighted by Gasteiger charge is -2.19. The Morgan fingerprint density at radius 3 is 2.73 bits per heavy atom. The molecule has 2 aromatic heterocycles. The Morgan fingerprint density at radius 2 is 2.00 bits per heavy atom. The molecule has 0 radical (unpaired) electrons. The molecule has 126 valence electrons. The van der Waals surface area contributed by atoms with Gasteiger partial charge in [0.25, 0.3) is 5.91 Å². The van der Waals surface area contributed by atoms with E-state index in [-0.39, 0.29) is 11.6 Å². The molecule has 5 rings (SSSR count). The number of para-hydroxylation sites is 1. The van der Waals surface area contributed by atoms with Crippen molar-refractivity contribution in [3.8, 4) is 11.3 Å². The molecule has 0 saturated carbocycles. The Hall–Kier alpha value is -3.61. The Balaban J connectivity index is 1.75. The number of pyridine rings is 1. The van der Waals surface area contributed by atoms with Gasteiger partial charge in [-0.2, -0.15) is 4.39 Å². The second kappa shape index (κ2) is 5.19. The summed E-state index contributed by atoms with van der Waals surface area (Å²) in [6.45, 7) is 0.335. The maximum atomic E-state index is 14.2. The monoisotopic (exact) mass is 345 g/mol. The van der Waals surface area contributed by atoms with E-state index in [1.54, 1.807) is 23.1 Å². The van der Waals surface area contributed by atoms with Gasteiger partial charge in [-0.15, -0.1) is 0 Å². The van der Waals surface area contributed by atoms with Gasteiger partial charge in [0, 0.05) is 29.0 Å². The molecule has 1 aromatic carbocycles. The lowest BCUT2D eigenvalue weighted by Crippen LogP contribution is -2.24. The highest BCUT2D eigenvalue weighted by molar-refractivity contribution is 6.11. The van der Waals surface area contributed by atoms with Gasteiger partial charge in [-0.05, 0) is 12.2 Å². The van der Waals surface area contributed by atoms with Crippen molar-refractivity contribution in [3.05, 3.63) is 71.7 Å². The number of hydrogen-bond acceptors (Lipinski definition) is 5. The molecule has 0 bridgehead atoms. The fraction of sp³-hybridized carbons (Fsp3) is 0.0526. The number of carbonyl (C=O) groups is 1. The molecule has 0 saturated heterocycles. The van der Waals surface area contributed by atoms with Gasteiger partial charge in [-0.1, -0.05) is 24.3 Å². The Kier molecular flexibility index (Phi) is 2.94. The van der Waals surface area contributed by atoms with Crippen molar-refractivity contribution in [1.82, 2.24) is 19.9 Å². The van der Waals surface area contributed by atoms with Crippen LogP contribution < -0.4 is 5.73 Å². The van der Waals surface area contributed by atoms with Crippen LogP contribution in [0.4, 0.5) is 10.1 Å². The van der Waals surface area contributed by atoms with E-state index in [4.69, 9.17) is 5.73 Å². The normalized spacial score (nSPS) is 15.2. The van der Waals surface area contributed by atoms with E-state index in [9.17, 15) is 9.18 Å². The molecule has 0 spiro atoms. The highest BCUT2D eigenvalue weighted by atomic mass is 19.1. The first-order chi connectivity index (χ1) is 12.6. The number of rotatable bonds is 2. The van der Waals surface area contributed by atoms with Crippen LogP contribution in [0.1, 0.15) is 16.1 Å². The van der Waals surface area contributed by atoms with Crippen molar-refractivity contribution in [2.24, 2.45) is 0 Å². The second-order valence-electron chi connectivity index (χ2n) is 6.09. The maximum Gasteiger partial charge on any atom is 0.262 e. The van der Waals surface area contributed by atoms with Crippen molar-refractivity contribution < 1.29 is 9.18 Å². The quantitative estimate of drug-likeness (QED) is 0.772. The van der Waals surface area contributed by atoms with E-state index < -0.39 is 5.95 Å². The maximum absolute atomic E-state index is 14.2. The third-order valence-corrected chi connectivity index (χ3v) is 4.65. The van der Waals surface area contributed by atoms with Crippen LogP contribution in [-0.4, -0.2) is 25.8 Å². The number of hydrogen-bond donors (Lipinski definition) is 1. The molecule has 26 heavy (non-hydrogen) atoms. The topological polar surface area (TPSA) is 85.0 Å². The molecule has 7 heteroatoms. The van der Waals surface area contributed by atoms with Crippen molar-refractivity contribution in [2.45, 2.75) is 6.54 Å². The molecule has 3 heterocycles. The predicted octanol–water partition coefficient (Wildman–Crippen LogP) is 2.82. The molecule has 1 aliphatic heterocycles. The van der Waals surface area contributed by atoms with Gasteiger partial charge in [-0.25, -0.2) is 15.0 Å². The minimum absolute atomic E-state index is 0.107. The summed E-state index contributed by atoms with van der Waals surface area (Å²) < 4.78 is 14.2. The average Bonchev–Trinajstić information content (AvgIpc) is 2.91. The molecular weight excluding hydrogens is 333 g/mol. The summed E-state index contributed by atoms with van der Waals surface area (Å²) >= 11 is 0. The number of aromatic nitrogens is 3. The largest absolute Gasteiger partial charge is 0.397 e. The lowest BCUT2D eigenvalue weighted by molar-refractivity contribution is 0.0831. The van der Waals surface area contributed by atoms with Crippen LogP contribution in [0.25, 0.3) is 22.2 Å². The molecule has 0 atom stereocenters. The number of nitrogen functional groups attached to an aromatic ring is 1. The van der Waals surface area contributed by atoms with Gasteiger partial charge in [-0.3, -0.25) is 4.79 Å². The highest BCUT2D eigenvalue weighted by Crippen LogP contribution is 2.37. The molecule has 2 aliphatic rings. The zero-order valence-electron chi connectivity index (χ0n) is 13.5. The number of nitrogens with two attached hydrogens (primary N) is 1. The SMILES string of the molecule is Nc1c2c(nc3c(-c4nccnc4F)cccc13)CN(C1=CC=C1)C2=O. The van der Waals surface area contributed by atoms with Crippen LogP contribution in [0.2, 0.25) is 0 Å². The molecule has 6 nitrogen and oxygen atoms in total. The summed E-state index contributed by atoms with van der Waals surface area (Å²) in [4.78, 5) is 26.8. The Bertz CT molecular complexity index is 1170. The summed E-state index contributed by atoms with van der Waals surface area (Å²) in [5.41, 5.74) is 9.61. The van der Waals surface area contributed by atoms with Crippen LogP contribution in [0.15, 0.2) is 54.5 Å². The third-order valence-electron chi connectivity index (χ3n) is 4.65. The van der Waals surface area contributed by atoms with Crippen LogP contribution >= 0.6 is 0 Å². The number of amides is 1. The van der Waals surface area contributed by atoms with Gasteiger partial charge in [0.05, 0.1) is 29.0 Å². The number of fused-ring (bicyclic) bond motifs is 2. The fourth-order valence-electron chi connectivity index (χ4n) is 3.34. The number of allylic oxidation sites excluding steroid dienone is 3. The van der Waals surface area contributed by atoms with E-state index in [0.717, 1.165) is 5.70 Å². The summed E-state index contributed by atoms with van der Waals surface area (Å²) in [7, 11) is 0. The van der Waals surface area contributed by atoms with Crippen LogP contribution in [0, 0.1) is 5.95 Å². The predicted molar refractivity (Wildman–Crippen MR) is 94.2 cm³/mol. The Morgan fingerprint density at radius 1 is 1.19 bits per heavy atom. The summed E-state index contributed by atoms with van der Waals surface area (Å²) in [5.74, 6) is -0.845. The van der Waals surface area contributed by atoms with Gasteiger partial charge in [0.1, 0.15) is 5.69 Å². The number of nitrogens with zero attached hydrogens (tertiary/aromatic N) is 4. The number of benzene rings is 1. The van der Waals surface area contributed by atoms with E-state index in [1.165, 1.54) is 12.4 Å². The summed E-state index contributed by atoms with van der Waals surface area (Å²) in [6.07, 6.45) is 8.31. The van der Waals surface area contributed by atoms with E-state index in [1.807, 2.05) is 18.2 Å². The molecule has 0 fully saturated rings. The summed E-state index contributed by atoms with van der Waals surface area (Å²) in [6, 6.07) is 5.23. The Labute approximate surface area is 147 Å². The van der Waals surface area contributed by atoms with E-state index in [2.05, 4.69) is 15.0 Å². The van der Waals surface area contributed by atoms with Gasteiger partial charge in [0.2, 0.25) is 5.95 Å². The van der Waals surface area contributed by atoms with Crippen LogP contribution in [0.3, 0.4) is 0 Å². The zero-order chi connectivity index (χ0) is 17.8. The smallest absolute Gasteiger partial charge is 0.262 e. The standard InChI is InChI=1S/C19H12FN5O/c20-18-17(22-7-8-23-18)12-6-2-5-11-15(21)14-13(24-16(11)12)9-25(19(14)26)10-3-1-4-10/h1-8H,9H2,(H2,21,24). The number of carbonyl (C=O) groups excluding carboxylic acids is 1. The van der Waals surface area contributed by atoms with Crippen molar-refractivity contribution in [2.75, 3.05) is 5.73 Å². The van der Waals surface area contributed by atoms with Gasteiger partial charge < -0.3 is 10.6 Å². The molecular formula is C19H12FN5O. The van der Waals surface area contributed by atoms with Crippen molar-refractivity contribution in [1.29, 1.82) is 0 Å². The first-order valence-electron chi connectivity index (χ1n) is 8.03. The number of halogens is 1. The van der Waals surface area contributed by atoms with E-state index in [0.29, 0.717) is 40.0 Å². The van der Waals surface area contributed by atoms with Crippen molar-refractivity contribution in [3.63, 3.8) is 0 Å². The van der Waals surface area contributed by atoms with Gasteiger partial charge in [0.15, 0.2) is 0 Å². The third kappa shape index (κ3) is 1.91. The van der Waals surface area contributed by atoms with Crippen LogP contribution in [-0.2, 0) is 6.54 Å². The minimum atomic E-state index is -0.677. The first-order valence-corrected chi connectivity index (χ1v) is 8.03. The second-order valence-corrected chi connectivity index (χ2v) is 6.09. The molecule has 0 unspecified atom stereocenters. The highest BCUT2D eigenvalue weighted by Gasteiger charge is 2.34. The molecule has 3 aromatic rings. The van der Waals surface area contributed by atoms with Crippen LogP contribution in [0.5, 0.6) is 0 Å². The minimum Gasteiger partial charge on any atom is -0.397 e. The molecule has 1 aliphatic carbocycles. The zero-order valence-corrected chi connectivity index (χ0v) is 13.5. The fourth-order valence-corrected chi connectivity index (χ4v) is 3.34. The van der Waals surface area contributed by atoms with E-state index >= 15 is 0 Å². The first kappa shape index (κ1) is 14.7. The van der Waals surface area contributed by atoms with Gasteiger partial charge >= 0.3 is 0 Å². The van der Waals surface area contributed by atoms with Crippen molar-refractivity contribution >= 4 is 22.5 Å². The lowest BCUT2D eigenvalue weighted by atomic mass is 10.0. The molecule has 1 amide bonds. The molecule has 2 N–H and O–H groups in total.